The van der Waals surface area contributed by atoms with Crippen molar-refractivity contribution in [1.29, 1.82) is 0 Å². The van der Waals surface area contributed by atoms with Gasteiger partial charge in [0.05, 0.1) is 10.9 Å². The van der Waals surface area contributed by atoms with Crippen LogP contribution in [0.1, 0.15) is 33.7 Å². The number of hydrogen-bond donors (Lipinski definition) is 1. The third-order valence-corrected chi connectivity index (χ3v) is 6.28. The lowest BCUT2D eigenvalue weighted by atomic mass is 10.0. The molecule has 1 N–H and O–H groups in total. The fourth-order valence-corrected chi connectivity index (χ4v) is 3.51. The maximum atomic E-state index is 12.6. The van der Waals surface area contributed by atoms with Crippen LogP contribution in [0, 0.1) is 6.92 Å². The minimum atomic E-state index is -3.18. The molecule has 0 aliphatic heterocycles. The van der Waals surface area contributed by atoms with E-state index in [0.717, 1.165) is 16.8 Å². The van der Waals surface area contributed by atoms with Gasteiger partial charge < -0.3 is 5.32 Å². The van der Waals surface area contributed by atoms with Crippen LogP contribution >= 0.6 is 0 Å². The van der Waals surface area contributed by atoms with E-state index in [1.807, 2.05) is 43.3 Å². The van der Waals surface area contributed by atoms with Gasteiger partial charge in [0.1, 0.15) is 0 Å². The Hall–Kier alpha value is -2.99. The van der Waals surface area contributed by atoms with Crippen LogP contribution in [0.5, 0.6) is 0 Å². The molecule has 1 amide bonds. The zero-order valence-electron chi connectivity index (χ0n) is 16.0. The first-order valence-corrected chi connectivity index (χ1v) is 10.8. The molecule has 0 aliphatic rings. The maximum Gasteiger partial charge on any atom is 0.255 e. The normalized spacial score (nSPS) is 12.4. The fraction of sp³-hybridized carbons (Fsp3) is 0.182. The smallest absolute Gasteiger partial charge is 0.255 e. The SMILES string of the molecule is Cc1ccc(NC(=O)c2ccc(C(C)S(C)(=O)=O)cc2)cc1-c1ccccn1. The lowest BCUT2D eigenvalue weighted by molar-refractivity contribution is 0.102. The van der Waals surface area contributed by atoms with Gasteiger partial charge in [0.2, 0.25) is 0 Å². The number of nitrogens with zero attached hydrogens (tertiary/aromatic N) is 1. The minimum absolute atomic E-state index is 0.255. The second-order valence-corrected chi connectivity index (χ2v) is 9.16. The summed E-state index contributed by atoms with van der Waals surface area (Å²) in [5, 5.41) is 2.28. The van der Waals surface area contributed by atoms with Crippen LogP contribution in [0.2, 0.25) is 0 Å². The number of sulfone groups is 1. The van der Waals surface area contributed by atoms with E-state index in [1.54, 1.807) is 37.4 Å². The number of nitrogens with one attached hydrogen (secondary N) is 1. The van der Waals surface area contributed by atoms with E-state index in [9.17, 15) is 13.2 Å². The fourth-order valence-electron chi connectivity index (χ4n) is 2.85. The Balaban J connectivity index is 1.80. The van der Waals surface area contributed by atoms with Gasteiger partial charge in [-0.25, -0.2) is 8.42 Å². The minimum Gasteiger partial charge on any atom is -0.322 e. The summed E-state index contributed by atoms with van der Waals surface area (Å²) >= 11 is 0. The molecule has 0 spiro atoms. The number of rotatable bonds is 5. The van der Waals surface area contributed by atoms with Gasteiger partial charge in [0.25, 0.3) is 5.91 Å². The third-order valence-electron chi connectivity index (χ3n) is 4.72. The number of aryl methyl sites for hydroxylation is 1. The molecular formula is C22H22N2O3S. The van der Waals surface area contributed by atoms with Crippen LogP contribution in [-0.2, 0) is 9.84 Å². The van der Waals surface area contributed by atoms with Gasteiger partial charge in [0, 0.05) is 29.3 Å². The van der Waals surface area contributed by atoms with Crippen LogP contribution < -0.4 is 5.32 Å². The summed E-state index contributed by atoms with van der Waals surface area (Å²) in [6.07, 6.45) is 2.94. The van der Waals surface area contributed by atoms with Gasteiger partial charge in [-0.3, -0.25) is 9.78 Å². The zero-order valence-corrected chi connectivity index (χ0v) is 16.8. The van der Waals surface area contributed by atoms with Crippen molar-refractivity contribution < 1.29 is 13.2 Å². The highest BCUT2D eigenvalue weighted by Gasteiger charge is 2.17. The topological polar surface area (TPSA) is 76.1 Å². The van der Waals surface area contributed by atoms with Crippen molar-refractivity contribution in [1.82, 2.24) is 4.98 Å². The summed E-state index contributed by atoms with van der Waals surface area (Å²) in [6.45, 7) is 3.63. The molecule has 3 aromatic rings. The predicted molar refractivity (Wildman–Crippen MR) is 112 cm³/mol. The number of aromatic nitrogens is 1. The first-order valence-electron chi connectivity index (χ1n) is 8.88. The zero-order chi connectivity index (χ0) is 20.3. The van der Waals surface area contributed by atoms with E-state index in [2.05, 4.69) is 10.3 Å². The predicted octanol–water partition coefficient (Wildman–Crippen LogP) is 4.41. The molecule has 1 atom stereocenters. The Morgan fingerprint density at radius 1 is 1.04 bits per heavy atom. The molecule has 144 valence electrons. The van der Waals surface area contributed by atoms with Gasteiger partial charge in [-0.15, -0.1) is 0 Å². The average molecular weight is 394 g/mol. The molecule has 0 saturated heterocycles. The molecule has 0 aliphatic carbocycles. The largest absolute Gasteiger partial charge is 0.322 e. The molecule has 3 rings (SSSR count). The Morgan fingerprint density at radius 3 is 2.36 bits per heavy atom. The lowest BCUT2D eigenvalue weighted by Crippen LogP contribution is -2.13. The quantitative estimate of drug-likeness (QED) is 0.695. The van der Waals surface area contributed by atoms with Crippen LogP contribution in [0.3, 0.4) is 0 Å². The van der Waals surface area contributed by atoms with E-state index in [1.165, 1.54) is 6.26 Å². The van der Waals surface area contributed by atoms with Crippen molar-refractivity contribution >= 4 is 21.4 Å². The Morgan fingerprint density at radius 2 is 1.75 bits per heavy atom. The van der Waals surface area contributed by atoms with E-state index in [0.29, 0.717) is 16.8 Å². The highest BCUT2D eigenvalue weighted by molar-refractivity contribution is 7.90. The second-order valence-electron chi connectivity index (χ2n) is 6.79. The molecule has 28 heavy (non-hydrogen) atoms. The Bertz CT molecular complexity index is 1090. The summed E-state index contributed by atoms with van der Waals surface area (Å²) in [7, 11) is -3.18. The summed E-state index contributed by atoms with van der Waals surface area (Å²) in [5.41, 5.74) is 4.66. The molecule has 1 heterocycles. The molecule has 6 heteroatoms. The number of carbonyl (C=O) groups excluding carboxylic acids is 1. The van der Waals surface area contributed by atoms with Crippen LogP contribution in [0.25, 0.3) is 11.3 Å². The summed E-state index contributed by atoms with van der Waals surface area (Å²) < 4.78 is 23.4. The summed E-state index contributed by atoms with van der Waals surface area (Å²) in [5.74, 6) is -0.255. The van der Waals surface area contributed by atoms with Crippen molar-refractivity contribution in [2.45, 2.75) is 19.1 Å². The van der Waals surface area contributed by atoms with E-state index >= 15 is 0 Å². The van der Waals surface area contributed by atoms with E-state index < -0.39 is 15.1 Å². The Labute approximate surface area is 165 Å². The first kappa shape index (κ1) is 19.8. The van der Waals surface area contributed by atoms with E-state index in [4.69, 9.17) is 0 Å². The standard InChI is InChI=1S/C22H22N2O3S/c1-15-7-12-19(14-20(15)21-6-4-5-13-23-21)24-22(25)18-10-8-17(9-11-18)16(2)28(3,26)27/h4-14,16H,1-3H3,(H,24,25). The molecule has 0 saturated carbocycles. The summed E-state index contributed by atoms with van der Waals surface area (Å²) in [6, 6.07) is 18.0. The van der Waals surface area contributed by atoms with Crippen molar-refractivity contribution in [3.05, 3.63) is 83.6 Å². The van der Waals surface area contributed by atoms with Gasteiger partial charge >= 0.3 is 0 Å². The Kier molecular flexibility index (Phi) is 5.61. The molecule has 2 aromatic carbocycles. The number of anilines is 1. The number of pyridine rings is 1. The summed E-state index contributed by atoms with van der Waals surface area (Å²) in [4.78, 5) is 17.0. The van der Waals surface area contributed by atoms with Gasteiger partial charge in [0.15, 0.2) is 9.84 Å². The molecule has 1 unspecified atom stereocenters. The molecule has 0 radical (unpaired) electrons. The average Bonchev–Trinajstić information content (AvgIpc) is 2.69. The van der Waals surface area contributed by atoms with Crippen LogP contribution in [0.15, 0.2) is 66.9 Å². The molecule has 5 nitrogen and oxygen atoms in total. The number of hydrogen-bond acceptors (Lipinski definition) is 4. The number of benzene rings is 2. The molecule has 1 aromatic heterocycles. The first-order chi connectivity index (χ1) is 13.3. The number of amides is 1. The maximum absolute atomic E-state index is 12.6. The highest BCUT2D eigenvalue weighted by atomic mass is 32.2. The monoisotopic (exact) mass is 394 g/mol. The van der Waals surface area contributed by atoms with Gasteiger partial charge in [-0.1, -0.05) is 24.3 Å². The van der Waals surface area contributed by atoms with Gasteiger partial charge in [-0.2, -0.15) is 0 Å². The lowest BCUT2D eigenvalue weighted by Gasteiger charge is -2.12. The van der Waals surface area contributed by atoms with Gasteiger partial charge in [-0.05, 0) is 61.4 Å². The highest BCUT2D eigenvalue weighted by Crippen LogP contribution is 2.25. The van der Waals surface area contributed by atoms with Crippen molar-refractivity contribution in [3.63, 3.8) is 0 Å². The molecule has 0 fully saturated rings. The van der Waals surface area contributed by atoms with Crippen molar-refractivity contribution in [2.24, 2.45) is 0 Å². The van der Waals surface area contributed by atoms with Crippen LogP contribution in [-0.4, -0.2) is 25.6 Å². The van der Waals surface area contributed by atoms with Crippen molar-refractivity contribution in [3.8, 4) is 11.3 Å². The molecule has 0 bridgehead atoms. The molecular weight excluding hydrogens is 372 g/mol. The second kappa shape index (κ2) is 7.94. The van der Waals surface area contributed by atoms with Crippen LogP contribution in [0.4, 0.5) is 5.69 Å². The van der Waals surface area contributed by atoms with E-state index in [-0.39, 0.29) is 5.91 Å². The number of carbonyl (C=O) groups is 1. The third kappa shape index (κ3) is 4.46. The van der Waals surface area contributed by atoms with Crippen molar-refractivity contribution in [2.75, 3.05) is 11.6 Å².